The zero-order valence-electron chi connectivity index (χ0n) is 14.3. The van der Waals surface area contributed by atoms with E-state index in [1.54, 1.807) is 12.3 Å². The lowest BCUT2D eigenvalue weighted by atomic mass is 9.98. The van der Waals surface area contributed by atoms with Gasteiger partial charge in [0.05, 0.1) is 11.4 Å². The maximum atomic E-state index is 12.1. The number of benzene rings is 2. The van der Waals surface area contributed by atoms with E-state index in [9.17, 15) is 9.59 Å². The first kappa shape index (κ1) is 16.2. The van der Waals surface area contributed by atoms with Gasteiger partial charge < -0.3 is 14.5 Å². The van der Waals surface area contributed by atoms with Crippen molar-refractivity contribution in [3.63, 3.8) is 0 Å². The molecular formula is C20H17BN2O3. The molecule has 0 saturated heterocycles. The molecule has 0 bridgehead atoms. The van der Waals surface area contributed by atoms with Gasteiger partial charge in [0.1, 0.15) is 12.3 Å². The smallest absolute Gasteiger partial charge is 0.411 e. The second-order valence-corrected chi connectivity index (χ2v) is 6.31. The van der Waals surface area contributed by atoms with Crippen LogP contribution in [0.1, 0.15) is 27.5 Å². The molecule has 6 heteroatoms. The molecule has 26 heavy (non-hydrogen) atoms. The zero-order chi connectivity index (χ0) is 18.1. The van der Waals surface area contributed by atoms with Gasteiger partial charge in [-0.25, -0.2) is 4.79 Å². The average Bonchev–Trinajstić information content (AvgIpc) is 3.23. The number of fused-ring (bicyclic) bond motifs is 3. The first-order valence-electron chi connectivity index (χ1n) is 8.45. The molecule has 2 aromatic carbocycles. The van der Waals surface area contributed by atoms with E-state index < -0.39 is 6.09 Å². The van der Waals surface area contributed by atoms with Crippen molar-refractivity contribution >= 4 is 25.3 Å². The van der Waals surface area contributed by atoms with Gasteiger partial charge in [-0.2, -0.15) is 0 Å². The molecule has 1 amide bonds. The number of carbonyl (C=O) groups is 2. The van der Waals surface area contributed by atoms with Crippen LogP contribution in [0.3, 0.4) is 0 Å². The van der Waals surface area contributed by atoms with Crippen molar-refractivity contribution in [1.29, 1.82) is 0 Å². The third-order valence-corrected chi connectivity index (χ3v) is 4.65. The summed E-state index contributed by atoms with van der Waals surface area (Å²) in [6.07, 6.45) is 1.03. The number of rotatable bonds is 4. The lowest BCUT2D eigenvalue weighted by Gasteiger charge is -2.14. The van der Waals surface area contributed by atoms with Crippen molar-refractivity contribution < 1.29 is 14.3 Å². The summed E-state index contributed by atoms with van der Waals surface area (Å²) in [5.74, 6) is 0.0205. The van der Waals surface area contributed by atoms with E-state index in [1.807, 2.05) is 24.3 Å². The lowest BCUT2D eigenvalue weighted by Crippen LogP contribution is -2.17. The SMILES string of the molecule is BC(=O)c1cc(NC(=O)OCC2c3ccccc3-c3ccccc32)c[nH]1. The van der Waals surface area contributed by atoms with Crippen LogP contribution < -0.4 is 5.32 Å². The fourth-order valence-corrected chi connectivity index (χ4v) is 3.42. The van der Waals surface area contributed by atoms with Crippen LogP contribution in [0.15, 0.2) is 60.8 Å². The van der Waals surface area contributed by atoms with Gasteiger partial charge in [0.2, 0.25) is 0 Å². The predicted molar refractivity (Wildman–Crippen MR) is 102 cm³/mol. The number of carbonyl (C=O) groups excluding carboxylic acids is 2. The summed E-state index contributed by atoms with van der Waals surface area (Å²) in [4.78, 5) is 26.3. The van der Waals surface area contributed by atoms with Crippen molar-refractivity contribution in [2.24, 2.45) is 0 Å². The molecule has 3 aromatic rings. The summed E-state index contributed by atoms with van der Waals surface area (Å²) in [5, 5.41) is 2.64. The van der Waals surface area contributed by atoms with E-state index >= 15 is 0 Å². The largest absolute Gasteiger partial charge is 0.448 e. The third kappa shape index (κ3) is 2.90. The second kappa shape index (κ2) is 6.56. The minimum absolute atomic E-state index is 0.0205. The minimum atomic E-state index is -0.541. The fraction of sp³-hybridized carbons (Fsp3) is 0.100. The molecule has 0 fully saturated rings. The van der Waals surface area contributed by atoms with Crippen LogP contribution in [-0.2, 0) is 4.74 Å². The van der Waals surface area contributed by atoms with Gasteiger partial charge in [-0.1, -0.05) is 48.5 Å². The molecule has 1 heterocycles. The normalized spacial score (nSPS) is 12.3. The molecular weight excluding hydrogens is 327 g/mol. The van der Waals surface area contributed by atoms with Crippen LogP contribution in [-0.4, -0.2) is 31.2 Å². The number of hydrogen-bond donors (Lipinski definition) is 2. The highest BCUT2D eigenvalue weighted by Gasteiger charge is 2.29. The lowest BCUT2D eigenvalue weighted by molar-refractivity contribution is 0.107. The molecule has 0 aliphatic heterocycles. The summed E-state index contributed by atoms with van der Waals surface area (Å²) in [5.41, 5.74) is 5.57. The Hall–Kier alpha value is -3.28. The number of ether oxygens (including phenoxy) is 1. The van der Waals surface area contributed by atoms with Gasteiger partial charge in [0.15, 0.2) is 7.85 Å². The van der Waals surface area contributed by atoms with Gasteiger partial charge >= 0.3 is 6.09 Å². The van der Waals surface area contributed by atoms with Crippen LogP contribution in [0.4, 0.5) is 10.5 Å². The van der Waals surface area contributed by atoms with Crippen molar-refractivity contribution in [2.45, 2.75) is 5.92 Å². The van der Waals surface area contributed by atoms with E-state index in [4.69, 9.17) is 4.74 Å². The highest BCUT2D eigenvalue weighted by Crippen LogP contribution is 2.44. The molecule has 0 unspecified atom stereocenters. The van der Waals surface area contributed by atoms with E-state index in [-0.39, 0.29) is 18.2 Å². The van der Waals surface area contributed by atoms with Gasteiger partial charge in [-0.05, 0) is 28.3 Å². The van der Waals surface area contributed by atoms with Crippen molar-refractivity contribution in [2.75, 3.05) is 11.9 Å². The van der Waals surface area contributed by atoms with E-state index in [0.717, 1.165) is 0 Å². The number of hydrogen-bond acceptors (Lipinski definition) is 3. The monoisotopic (exact) mass is 344 g/mol. The Kier molecular flexibility index (Phi) is 4.09. The number of H-pyrrole nitrogens is 1. The molecule has 4 rings (SSSR count). The first-order chi connectivity index (χ1) is 12.6. The molecule has 0 atom stereocenters. The molecule has 128 valence electrons. The molecule has 0 radical (unpaired) electrons. The summed E-state index contributed by atoms with van der Waals surface area (Å²) >= 11 is 0. The van der Waals surface area contributed by atoms with E-state index in [1.165, 1.54) is 30.1 Å². The third-order valence-electron chi connectivity index (χ3n) is 4.65. The number of anilines is 1. The standard InChI is InChI=1S/C20H17BN2O3/c21-19(24)18-9-12(10-22-18)23-20(25)26-11-17-15-7-3-1-5-13(15)14-6-2-4-8-16(14)17/h1-10,17,22H,11,21H2,(H,23,25). The van der Waals surface area contributed by atoms with Crippen molar-refractivity contribution in [3.8, 4) is 11.1 Å². The Labute approximate surface area is 151 Å². The predicted octanol–water partition coefficient (Wildman–Crippen LogP) is 3.15. The Morgan fingerprint density at radius 3 is 2.23 bits per heavy atom. The zero-order valence-corrected chi connectivity index (χ0v) is 14.3. The Morgan fingerprint density at radius 2 is 1.65 bits per heavy atom. The maximum Gasteiger partial charge on any atom is 0.411 e. The van der Waals surface area contributed by atoms with Crippen molar-refractivity contribution in [3.05, 3.63) is 77.6 Å². The molecule has 2 N–H and O–H groups in total. The second-order valence-electron chi connectivity index (χ2n) is 6.31. The number of amides is 1. The number of aromatic nitrogens is 1. The number of aromatic amines is 1. The summed E-state index contributed by atoms with van der Waals surface area (Å²) in [6.45, 7) is 0.254. The van der Waals surface area contributed by atoms with Gasteiger partial charge in [-0.3, -0.25) is 5.32 Å². The van der Waals surface area contributed by atoms with Crippen molar-refractivity contribution in [1.82, 2.24) is 4.98 Å². The highest BCUT2D eigenvalue weighted by molar-refractivity contribution is 6.62. The van der Waals surface area contributed by atoms with E-state index in [2.05, 4.69) is 34.6 Å². The molecule has 5 nitrogen and oxygen atoms in total. The number of nitrogens with one attached hydrogen (secondary N) is 2. The summed E-state index contributed by atoms with van der Waals surface area (Å²) < 4.78 is 5.46. The Balaban J connectivity index is 1.47. The van der Waals surface area contributed by atoms with Gasteiger partial charge in [0.25, 0.3) is 0 Å². The van der Waals surface area contributed by atoms with Crippen LogP contribution in [0, 0.1) is 0 Å². The van der Waals surface area contributed by atoms with Crippen LogP contribution in [0.25, 0.3) is 11.1 Å². The van der Waals surface area contributed by atoms with Crippen LogP contribution >= 0.6 is 0 Å². The topological polar surface area (TPSA) is 71.2 Å². The Bertz CT molecular complexity index is 950. The summed E-state index contributed by atoms with van der Waals surface area (Å²) in [7, 11) is 1.46. The molecule has 1 aromatic heterocycles. The van der Waals surface area contributed by atoms with Gasteiger partial charge in [-0.15, -0.1) is 0 Å². The van der Waals surface area contributed by atoms with Crippen LogP contribution in [0.5, 0.6) is 0 Å². The summed E-state index contributed by atoms with van der Waals surface area (Å²) in [6, 6.07) is 18.0. The quantitative estimate of drug-likeness (QED) is 0.715. The Morgan fingerprint density at radius 1 is 1.04 bits per heavy atom. The van der Waals surface area contributed by atoms with Gasteiger partial charge in [0, 0.05) is 12.1 Å². The van der Waals surface area contributed by atoms with E-state index in [0.29, 0.717) is 11.4 Å². The maximum absolute atomic E-state index is 12.1. The molecule has 0 spiro atoms. The fourth-order valence-electron chi connectivity index (χ4n) is 3.42. The molecule has 1 aliphatic carbocycles. The highest BCUT2D eigenvalue weighted by atomic mass is 16.5. The van der Waals surface area contributed by atoms with Crippen LogP contribution in [0.2, 0.25) is 0 Å². The molecule has 0 saturated carbocycles. The molecule has 1 aliphatic rings. The average molecular weight is 344 g/mol. The minimum Gasteiger partial charge on any atom is -0.448 e. The first-order valence-corrected chi connectivity index (χ1v) is 8.45.